The Balaban J connectivity index is 1.58. The second-order valence-corrected chi connectivity index (χ2v) is 8.10. The van der Waals surface area contributed by atoms with Crippen LogP contribution in [0.25, 0.3) is 0 Å². The third-order valence-electron chi connectivity index (χ3n) is 4.55. The van der Waals surface area contributed by atoms with E-state index in [1.54, 1.807) is 35.7 Å². The summed E-state index contributed by atoms with van der Waals surface area (Å²) in [6.07, 6.45) is 1.33. The van der Waals surface area contributed by atoms with E-state index in [-0.39, 0.29) is 12.2 Å². The van der Waals surface area contributed by atoms with Crippen molar-refractivity contribution in [2.75, 3.05) is 46.6 Å². The van der Waals surface area contributed by atoms with Crippen LogP contribution in [0.4, 0.5) is 0 Å². The molecule has 0 unspecified atom stereocenters. The van der Waals surface area contributed by atoms with E-state index in [1.165, 1.54) is 0 Å². The summed E-state index contributed by atoms with van der Waals surface area (Å²) in [5, 5.41) is 0. The van der Waals surface area contributed by atoms with Gasteiger partial charge < -0.3 is 18.9 Å². The summed E-state index contributed by atoms with van der Waals surface area (Å²) in [5.74, 6) is 0.899. The molecular weight excluding hydrogens is 346 g/mol. The molecule has 2 aliphatic heterocycles. The molecule has 8 heteroatoms. The van der Waals surface area contributed by atoms with Crippen molar-refractivity contribution < 1.29 is 27.4 Å². The Morgan fingerprint density at radius 3 is 2.32 bits per heavy atom. The lowest BCUT2D eigenvalue weighted by molar-refractivity contribution is -0.0938. The van der Waals surface area contributed by atoms with E-state index in [0.29, 0.717) is 50.2 Å². The van der Waals surface area contributed by atoms with Crippen LogP contribution in [-0.4, -0.2) is 65.6 Å². The summed E-state index contributed by atoms with van der Waals surface area (Å²) < 4.78 is 48.6. The molecule has 1 aromatic rings. The summed E-state index contributed by atoms with van der Waals surface area (Å²) >= 11 is 0. The summed E-state index contributed by atoms with van der Waals surface area (Å²) in [6, 6.07) is 6.53. The molecule has 0 atom stereocenters. The van der Waals surface area contributed by atoms with Crippen LogP contribution in [0, 0.1) is 5.92 Å². The molecule has 0 N–H and O–H groups in total. The van der Waals surface area contributed by atoms with Gasteiger partial charge in [0.2, 0.25) is 10.0 Å². The molecule has 140 valence electrons. The first-order valence-corrected chi connectivity index (χ1v) is 10.0. The van der Waals surface area contributed by atoms with Gasteiger partial charge in [0.15, 0.2) is 6.29 Å². The van der Waals surface area contributed by atoms with Gasteiger partial charge in [0.05, 0.1) is 24.7 Å². The zero-order chi connectivity index (χ0) is 17.7. The lowest BCUT2D eigenvalue weighted by Crippen LogP contribution is -2.41. The molecule has 0 amide bonds. The molecule has 1 aromatic carbocycles. The molecule has 2 fully saturated rings. The van der Waals surface area contributed by atoms with Crippen LogP contribution in [0.3, 0.4) is 0 Å². The maximum absolute atomic E-state index is 12.8. The molecule has 2 heterocycles. The van der Waals surface area contributed by atoms with Gasteiger partial charge in [0.25, 0.3) is 0 Å². The van der Waals surface area contributed by atoms with Gasteiger partial charge in [-0.2, -0.15) is 4.31 Å². The van der Waals surface area contributed by atoms with Crippen molar-refractivity contribution in [1.29, 1.82) is 0 Å². The van der Waals surface area contributed by atoms with Crippen LogP contribution >= 0.6 is 0 Å². The highest BCUT2D eigenvalue weighted by Crippen LogP contribution is 2.29. The van der Waals surface area contributed by atoms with Gasteiger partial charge in [-0.15, -0.1) is 0 Å². The lowest BCUT2D eigenvalue weighted by atomic mass is 9.98. The minimum absolute atomic E-state index is 0.173. The molecule has 0 spiro atoms. The van der Waals surface area contributed by atoms with Gasteiger partial charge in [-0.3, -0.25) is 0 Å². The Labute approximate surface area is 148 Å². The lowest BCUT2D eigenvalue weighted by Gasteiger charge is -2.33. The Morgan fingerprint density at radius 1 is 1.08 bits per heavy atom. The number of hydrogen-bond donors (Lipinski definition) is 0. The number of ether oxygens (including phenoxy) is 4. The van der Waals surface area contributed by atoms with Gasteiger partial charge in [-0.1, -0.05) is 0 Å². The number of rotatable bonds is 7. The molecule has 0 aliphatic carbocycles. The molecule has 0 bridgehead atoms. The smallest absolute Gasteiger partial charge is 0.243 e. The third kappa shape index (κ3) is 4.51. The number of piperidine rings is 1. The van der Waals surface area contributed by atoms with Crippen molar-refractivity contribution in [2.24, 2.45) is 5.92 Å². The van der Waals surface area contributed by atoms with Crippen LogP contribution in [0.2, 0.25) is 0 Å². The highest BCUT2D eigenvalue weighted by atomic mass is 32.2. The van der Waals surface area contributed by atoms with E-state index in [4.69, 9.17) is 18.9 Å². The fraction of sp³-hybridized carbons (Fsp3) is 0.647. The van der Waals surface area contributed by atoms with Crippen molar-refractivity contribution in [3.05, 3.63) is 24.3 Å². The van der Waals surface area contributed by atoms with E-state index >= 15 is 0 Å². The van der Waals surface area contributed by atoms with E-state index in [2.05, 4.69) is 0 Å². The van der Waals surface area contributed by atoms with Crippen LogP contribution in [0.15, 0.2) is 29.2 Å². The average Bonchev–Trinajstić information content (AvgIpc) is 3.17. The van der Waals surface area contributed by atoms with Gasteiger partial charge in [-0.25, -0.2) is 8.42 Å². The quantitative estimate of drug-likeness (QED) is 0.676. The molecule has 0 aromatic heterocycles. The second-order valence-electron chi connectivity index (χ2n) is 6.16. The summed E-state index contributed by atoms with van der Waals surface area (Å²) in [5.41, 5.74) is 0. The van der Waals surface area contributed by atoms with E-state index in [1.807, 2.05) is 0 Å². The van der Waals surface area contributed by atoms with Gasteiger partial charge in [0.1, 0.15) is 12.4 Å². The predicted octanol–water partition coefficient (Wildman–Crippen LogP) is 1.49. The van der Waals surface area contributed by atoms with Crippen molar-refractivity contribution in [3.8, 4) is 5.75 Å². The number of sulfonamides is 1. The van der Waals surface area contributed by atoms with Gasteiger partial charge in [-0.05, 0) is 37.1 Å². The zero-order valence-electron chi connectivity index (χ0n) is 14.4. The van der Waals surface area contributed by atoms with Crippen LogP contribution in [-0.2, 0) is 24.2 Å². The SMILES string of the molecule is COCCOc1ccc(S(=O)(=O)N2CCC(C3OCCO3)CC2)cc1. The number of nitrogens with zero attached hydrogens (tertiary/aromatic N) is 1. The Hall–Kier alpha value is -1.19. The summed E-state index contributed by atoms with van der Waals surface area (Å²) in [7, 11) is -1.88. The Bertz CT molecular complexity index is 634. The van der Waals surface area contributed by atoms with Crippen molar-refractivity contribution in [1.82, 2.24) is 4.31 Å². The van der Waals surface area contributed by atoms with Crippen LogP contribution in [0.5, 0.6) is 5.75 Å². The first-order chi connectivity index (χ1) is 12.1. The molecular formula is C17H25NO6S. The molecule has 2 saturated heterocycles. The number of benzene rings is 1. The minimum Gasteiger partial charge on any atom is -0.491 e. The van der Waals surface area contributed by atoms with Crippen molar-refractivity contribution in [2.45, 2.75) is 24.0 Å². The second kappa shape index (κ2) is 8.46. The van der Waals surface area contributed by atoms with Crippen molar-refractivity contribution in [3.63, 3.8) is 0 Å². The Kier molecular flexibility index (Phi) is 6.29. The van der Waals surface area contributed by atoms with E-state index in [0.717, 1.165) is 12.8 Å². The normalized spacial score (nSPS) is 20.8. The Morgan fingerprint density at radius 2 is 1.72 bits per heavy atom. The standard InChI is InChI=1S/C17H25NO6S/c1-21-10-11-22-15-2-4-16(5-3-15)25(19,20)18-8-6-14(7-9-18)17-23-12-13-24-17/h2-5,14,17H,6-13H2,1H3. The minimum atomic E-state index is -3.48. The molecule has 0 radical (unpaired) electrons. The first-order valence-electron chi connectivity index (χ1n) is 8.56. The third-order valence-corrected chi connectivity index (χ3v) is 6.46. The van der Waals surface area contributed by atoms with Crippen LogP contribution < -0.4 is 4.74 Å². The highest BCUT2D eigenvalue weighted by molar-refractivity contribution is 7.89. The maximum atomic E-state index is 12.8. The highest BCUT2D eigenvalue weighted by Gasteiger charge is 2.34. The average molecular weight is 371 g/mol. The predicted molar refractivity (Wildman–Crippen MR) is 91.0 cm³/mol. The van der Waals surface area contributed by atoms with Gasteiger partial charge in [0, 0.05) is 26.1 Å². The number of hydrogen-bond acceptors (Lipinski definition) is 6. The molecule has 7 nitrogen and oxygen atoms in total. The van der Waals surface area contributed by atoms with E-state index < -0.39 is 10.0 Å². The molecule has 2 aliphatic rings. The fourth-order valence-corrected chi connectivity index (χ4v) is 4.61. The topological polar surface area (TPSA) is 74.3 Å². The number of methoxy groups -OCH3 is 1. The summed E-state index contributed by atoms with van der Waals surface area (Å²) in [4.78, 5) is 0.290. The largest absolute Gasteiger partial charge is 0.491 e. The fourth-order valence-electron chi connectivity index (χ4n) is 3.14. The molecule has 3 rings (SSSR count). The van der Waals surface area contributed by atoms with Crippen LogP contribution in [0.1, 0.15) is 12.8 Å². The monoisotopic (exact) mass is 371 g/mol. The van der Waals surface area contributed by atoms with Gasteiger partial charge >= 0.3 is 0 Å². The zero-order valence-corrected chi connectivity index (χ0v) is 15.2. The molecule has 0 saturated carbocycles. The van der Waals surface area contributed by atoms with E-state index in [9.17, 15) is 8.42 Å². The molecule has 25 heavy (non-hydrogen) atoms. The maximum Gasteiger partial charge on any atom is 0.243 e. The summed E-state index contributed by atoms with van der Waals surface area (Å²) in [6.45, 7) is 3.15. The van der Waals surface area contributed by atoms with Crippen molar-refractivity contribution >= 4 is 10.0 Å². The first kappa shape index (κ1) is 18.6.